The van der Waals surface area contributed by atoms with Gasteiger partial charge in [-0.3, -0.25) is 9.20 Å². The van der Waals surface area contributed by atoms with E-state index in [0.29, 0.717) is 23.0 Å². The second-order valence-electron chi connectivity index (χ2n) is 6.26. The maximum Gasteiger partial charge on any atom is 0.244 e. The summed E-state index contributed by atoms with van der Waals surface area (Å²) >= 11 is 6.16. The Hall–Kier alpha value is -1.81. The predicted octanol–water partition coefficient (Wildman–Crippen LogP) is 3.31. The molecule has 0 atom stereocenters. The SMILES string of the molecule is O=C(/C=C\c1c(Cl)nc2ccccn12)NC(C1CC1)C1CC1. The summed E-state index contributed by atoms with van der Waals surface area (Å²) in [4.78, 5) is 16.5. The van der Waals surface area contributed by atoms with Gasteiger partial charge in [0.05, 0.1) is 5.69 Å². The minimum atomic E-state index is -0.0363. The third-order valence-electron chi connectivity index (χ3n) is 4.48. The lowest BCUT2D eigenvalue weighted by atomic mass is 10.1. The molecular weight excluding hydrogens is 298 g/mol. The molecular formula is C17H18ClN3O. The van der Waals surface area contributed by atoms with Crippen LogP contribution in [0.2, 0.25) is 5.15 Å². The van der Waals surface area contributed by atoms with Crippen LogP contribution in [0.3, 0.4) is 0 Å². The molecule has 2 aliphatic carbocycles. The second kappa shape index (κ2) is 5.43. The highest BCUT2D eigenvalue weighted by atomic mass is 35.5. The van der Waals surface area contributed by atoms with Crippen molar-refractivity contribution in [3.05, 3.63) is 41.3 Å². The fourth-order valence-electron chi connectivity index (χ4n) is 3.03. The normalized spacial score (nSPS) is 18.5. The third-order valence-corrected chi connectivity index (χ3v) is 4.76. The molecule has 2 saturated carbocycles. The standard InChI is InChI=1S/C17H18ClN3O/c18-17-13(21-10-2-1-3-14(21)19-17)8-9-15(22)20-16(11-4-5-11)12-6-7-12/h1-3,8-12,16H,4-7H2,(H,20,22)/b9-8-. The molecule has 2 heterocycles. The van der Waals surface area contributed by atoms with Crippen molar-refractivity contribution in [1.29, 1.82) is 0 Å². The second-order valence-corrected chi connectivity index (χ2v) is 6.62. The molecule has 1 amide bonds. The molecule has 0 spiro atoms. The Bertz CT molecular complexity index is 731. The van der Waals surface area contributed by atoms with Gasteiger partial charge < -0.3 is 5.32 Å². The Morgan fingerprint density at radius 2 is 2.05 bits per heavy atom. The van der Waals surface area contributed by atoms with E-state index >= 15 is 0 Å². The molecule has 2 fully saturated rings. The Labute approximate surface area is 134 Å². The van der Waals surface area contributed by atoms with Gasteiger partial charge in [-0.1, -0.05) is 17.7 Å². The molecule has 0 unspecified atom stereocenters. The number of hydrogen-bond donors (Lipinski definition) is 1. The highest BCUT2D eigenvalue weighted by Crippen LogP contribution is 2.44. The Kier molecular flexibility index (Phi) is 3.41. The highest BCUT2D eigenvalue weighted by Gasteiger charge is 2.41. The summed E-state index contributed by atoms with van der Waals surface area (Å²) in [5, 5.41) is 3.59. The molecule has 2 aromatic rings. The van der Waals surface area contributed by atoms with Crippen LogP contribution in [-0.4, -0.2) is 21.3 Å². The summed E-state index contributed by atoms with van der Waals surface area (Å²) < 4.78 is 1.88. The molecule has 2 aliphatic rings. The van der Waals surface area contributed by atoms with E-state index in [4.69, 9.17) is 11.6 Å². The molecule has 4 nitrogen and oxygen atoms in total. The van der Waals surface area contributed by atoms with Crippen molar-refractivity contribution in [2.45, 2.75) is 31.7 Å². The average Bonchev–Trinajstić information content (AvgIpc) is 3.40. The number of aromatic nitrogens is 2. The quantitative estimate of drug-likeness (QED) is 0.860. The Morgan fingerprint density at radius 1 is 1.32 bits per heavy atom. The lowest BCUT2D eigenvalue weighted by Crippen LogP contribution is -2.37. The summed E-state index contributed by atoms with van der Waals surface area (Å²) in [7, 11) is 0. The zero-order valence-corrected chi connectivity index (χ0v) is 13.0. The van der Waals surface area contributed by atoms with Gasteiger partial charge in [-0.15, -0.1) is 0 Å². The van der Waals surface area contributed by atoms with Crippen LogP contribution in [-0.2, 0) is 4.79 Å². The van der Waals surface area contributed by atoms with Gasteiger partial charge in [0.25, 0.3) is 0 Å². The number of halogens is 1. The average molecular weight is 316 g/mol. The van der Waals surface area contributed by atoms with Crippen LogP contribution in [0.5, 0.6) is 0 Å². The number of pyridine rings is 1. The van der Waals surface area contributed by atoms with Crippen molar-refractivity contribution in [1.82, 2.24) is 14.7 Å². The maximum absolute atomic E-state index is 12.2. The summed E-state index contributed by atoms with van der Waals surface area (Å²) in [5.41, 5.74) is 1.52. The molecule has 0 aliphatic heterocycles. The molecule has 114 valence electrons. The van der Waals surface area contributed by atoms with Gasteiger partial charge >= 0.3 is 0 Å². The van der Waals surface area contributed by atoms with Crippen LogP contribution in [0.4, 0.5) is 0 Å². The van der Waals surface area contributed by atoms with E-state index in [1.807, 2.05) is 28.8 Å². The third kappa shape index (κ3) is 2.75. The largest absolute Gasteiger partial charge is 0.349 e. The first-order valence-electron chi connectivity index (χ1n) is 7.83. The number of carbonyl (C=O) groups excluding carboxylic acids is 1. The van der Waals surface area contributed by atoms with Crippen LogP contribution in [0.25, 0.3) is 11.7 Å². The number of carbonyl (C=O) groups is 1. The van der Waals surface area contributed by atoms with Crippen LogP contribution < -0.4 is 5.32 Å². The van der Waals surface area contributed by atoms with Crippen LogP contribution in [0.1, 0.15) is 31.4 Å². The number of rotatable bonds is 5. The first-order valence-corrected chi connectivity index (χ1v) is 8.21. The molecule has 0 bridgehead atoms. The fourth-order valence-corrected chi connectivity index (χ4v) is 3.27. The minimum Gasteiger partial charge on any atom is -0.349 e. The van der Waals surface area contributed by atoms with E-state index in [0.717, 1.165) is 11.3 Å². The lowest BCUT2D eigenvalue weighted by Gasteiger charge is -2.16. The molecule has 0 aromatic carbocycles. The summed E-state index contributed by atoms with van der Waals surface area (Å²) in [6, 6.07) is 6.09. The van der Waals surface area contributed by atoms with E-state index in [9.17, 15) is 4.79 Å². The van der Waals surface area contributed by atoms with Crippen molar-refractivity contribution < 1.29 is 4.79 Å². The van der Waals surface area contributed by atoms with Gasteiger partial charge in [-0.25, -0.2) is 4.98 Å². The van der Waals surface area contributed by atoms with E-state index < -0.39 is 0 Å². The van der Waals surface area contributed by atoms with Gasteiger partial charge in [-0.05, 0) is 55.7 Å². The number of imidazole rings is 1. The van der Waals surface area contributed by atoms with Crippen LogP contribution in [0, 0.1) is 11.8 Å². The van der Waals surface area contributed by atoms with Gasteiger partial charge in [0.2, 0.25) is 5.91 Å². The topological polar surface area (TPSA) is 46.4 Å². The van der Waals surface area contributed by atoms with E-state index in [1.54, 1.807) is 12.2 Å². The molecule has 0 saturated heterocycles. The maximum atomic E-state index is 12.2. The fraction of sp³-hybridized carbons (Fsp3) is 0.412. The zero-order valence-electron chi connectivity index (χ0n) is 12.2. The van der Waals surface area contributed by atoms with Crippen molar-refractivity contribution in [3.63, 3.8) is 0 Å². The number of hydrogen-bond acceptors (Lipinski definition) is 2. The molecule has 4 rings (SSSR count). The smallest absolute Gasteiger partial charge is 0.244 e. The van der Waals surface area contributed by atoms with E-state index in [-0.39, 0.29) is 5.91 Å². The highest BCUT2D eigenvalue weighted by molar-refractivity contribution is 6.31. The predicted molar refractivity (Wildman–Crippen MR) is 86.6 cm³/mol. The molecule has 5 heteroatoms. The van der Waals surface area contributed by atoms with E-state index in [2.05, 4.69) is 10.3 Å². The minimum absolute atomic E-state index is 0.0363. The number of amides is 1. The van der Waals surface area contributed by atoms with Gasteiger partial charge in [0.1, 0.15) is 5.65 Å². The van der Waals surface area contributed by atoms with Gasteiger partial charge in [-0.2, -0.15) is 0 Å². The van der Waals surface area contributed by atoms with Gasteiger partial charge in [0, 0.05) is 18.3 Å². The van der Waals surface area contributed by atoms with Gasteiger partial charge in [0.15, 0.2) is 5.15 Å². The zero-order chi connectivity index (χ0) is 15.1. The molecule has 0 radical (unpaired) electrons. The first-order chi connectivity index (χ1) is 10.7. The van der Waals surface area contributed by atoms with Crippen molar-refractivity contribution in [3.8, 4) is 0 Å². The monoisotopic (exact) mass is 315 g/mol. The van der Waals surface area contributed by atoms with Crippen molar-refractivity contribution in [2.24, 2.45) is 11.8 Å². The Balaban J connectivity index is 1.50. The van der Waals surface area contributed by atoms with E-state index in [1.165, 1.54) is 25.7 Å². The number of nitrogens with zero attached hydrogens (tertiary/aromatic N) is 2. The molecule has 2 aromatic heterocycles. The molecule has 1 N–H and O–H groups in total. The number of fused-ring (bicyclic) bond motifs is 1. The van der Waals surface area contributed by atoms with Crippen molar-refractivity contribution >= 4 is 29.2 Å². The summed E-state index contributed by atoms with van der Waals surface area (Å²) in [6.07, 6.45) is 10.2. The summed E-state index contributed by atoms with van der Waals surface area (Å²) in [5.74, 6) is 1.36. The Morgan fingerprint density at radius 3 is 2.73 bits per heavy atom. The number of nitrogens with one attached hydrogen (secondary N) is 1. The molecule has 22 heavy (non-hydrogen) atoms. The van der Waals surface area contributed by atoms with Crippen LogP contribution in [0.15, 0.2) is 30.5 Å². The lowest BCUT2D eigenvalue weighted by molar-refractivity contribution is -0.117. The van der Waals surface area contributed by atoms with Crippen molar-refractivity contribution in [2.75, 3.05) is 0 Å². The van der Waals surface area contributed by atoms with Crippen LogP contribution >= 0.6 is 11.6 Å². The first kappa shape index (κ1) is 13.8. The summed E-state index contributed by atoms with van der Waals surface area (Å²) in [6.45, 7) is 0.